The lowest BCUT2D eigenvalue weighted by Crippen LogP contribution is -2.04. The average Bonchev–Trinajstić information content (AvgIpc) is 1.82. The van der Waals surface area contributed by atoms with Crippen molar-refractivity contribution in [2.45, 2.75) is 26.4 Å². The number of hydrogen-bond donors (Lipinski definition) is 0. The van der Waals surface area contributed by atoms with Crippen LogP contribution in [0.4, 0.5) is 8.78 Å². The Labute approximate surface area is 59.2 Å². The van der Waals surface area contributed by atoms with E-state index in [1.807, 2.05) is 0 Å². The maximum absolute atomic E-state index is 12.8. The van der Waals surface area contributed by atoms with E-state index in [9.17, 15) is 8.78 Å². The number of alkyl halides is 1. The topological polar surface area (TPSA) is 0 Å². The van der Waals surface area contributed by atoms with Crippen molar-refractivity contribution in [2.24, 2.45) is 0 Å². The number of hydrogen-bond acceptors (Lipinski definition) is 0. The molecule has 56 valence electrons. The molecule has 2 heteroatoms. The van der Waals surface area contributed by atoms with E-state index in [4.69, 9.17) is 0 Å². The summed E-state index contributed by atoms with van der Waals surface area (Å²) in [6.07, 6.45) is 0.547. The lowest BCUT2D eigenvalue weighted by molar-refractivity contribution is 0.385. The summed E-state index contributed by atoms with van der Waals surface area (Å²) in [6.45, 7) is 3.21. The van der Waals surface area contributed by atoms with Crippen LogP contribution in [0.2, 0.25) is 0 Å². The van der Waals surface area contributed by atoms with Gasteiger partial charge in [0.2, 0.25) is 0 Å². The molecule has 0 heterocycles. The van der Waals surface area contributed by atoms with Crippen LogP contribution in [0.5, 0.6) is 0 Å². The predicted molar refractivity (Wildman–Crippen MR) is 37.1 cm³/mol. The summed E-state index contributed by atoms with van der Waals surface area (Å²) in [6, 6.07) is 0. The minimum Gasteiger partial charge on any atom is -0.243 e. The molecule has 0 nitrogen and oxygen atoms in total. The van der Waals surface area contributed by atoms with Crippen LogP contribution in [0.3, 0.4) is 0 Å². The maximum Gasteiger partial charge on any atom is 0.124 e. The van der Waals surface area contributed by atoms with Gasteiger partial charge < -0.3 is 0 Å². The molecule has 10 heavy (non-hydrogen) atoms. The smallest absolute Gasteiger partial charge is 0.124 e. The van der Waals surface area contributed by atoms with Crippen LogP contribution in [-0.4, -0.2) is 6.17 Å². The first-order chi connectivity index (χ1) is 4.61. The second-order valence-electron chi connectivity index (χ2n) is 2.66. The van der Waals surface area contributed by atoms with Crippen LogP contribution < -0.4 is 0 Å². The Kier molecular flexibility index (Phi) is 1.88. The minimum atomic E-state index is -0.987. The van der Waals surface area contributed by atoms with E-state index in [1.165, 1.54) is 6.08 Å². The zero-order chi connectivity index (χ0) is 7.72. The van der Waals surface area contributed by atoms with Gasteiger partial charge in [0.15, 0.2) is 0 Å². The van der Waals surface area contributed by atoms with Crippen molar-refractivity contribution in [3.8, 4) is 0 Å². The highest BCUT2D eigenvalue weighted by Crippen LogP contribution is 2.26. The van der Waals surface area contributed by atoms with Crippen LogP contribution in [0, 0.1) is 0 Å². The zero-order valence-electron chi connectivity index (χ0n) is 6.12. The lowest BCUT2D eigenvalue weighted by Gasteiger charge is -2.13. The Morgan fingerprint density at radius 3 is 2.60 bits per heavy atom. The Morgan fingerprint density at radius 1 is 1.50 bits per heavy atom. The summed E-state index contributed by atoms with van der Waals surface area (Å²) in [5.41, 5.74) is 0.948. The van der Waals surface area contributed by atoms with Crippen molar-refractivity contribution < 1.29 is 8.78 Å². The van der Waals surface area contributed by atoms with Gasteiger partial charge in [0, 0.05) is 6.42 Å². The second-order valence-corrected chi connectivity index (χ2v) is 2.66. The largest absolute Gasteiger partial charge is 0.243 e. The lowest BCUT2D eigenvalue weighted by atomic mass is 9.99. The first kappa shape index (κ1) is 7.45. The SMILES string of the molecule is CC1=CC(F)CC(C)=C1F. The molecule has 0 aliphatic heterocycles. The van der Waals surface area contributed by atoms with E-state index >= 15 is 0 Å². The molecule has 1 aliphatic rings. The molecule has 0 fully saturated rings. The van der Waals surface area contributed by atoms with Gasteiger partial charge in [0.05, 0.1) is 0 Å². The number of allylic oxidation sites excluding steroid dienone is 4. The van der Waals surface area contributed by atoms with Gasteiger partial charge in [0.1, 0.15) is 12.0 Å². The molecule has 0 amide bonds. The number of rotatable bonds is 0. The van der Waals surface area contributed by atoms with Gasteiger partial charge in [-0.15, -0.1) is 0 Å². The number of halogens is 2. The summed E-state index contributed by atoms with van der Waals surface area (Å²) >= 11 is 0. The van der Waals surface area contributed by atoms with E-state index in [0.717, 1.165) is 0 Å². The van der Waals surface area contributed by atoms with Gasteiger partial charge in [-0.3, -0.25) is 0 Å². The summed E-state index contributed by atoms with van der Waals surface area (Å²) in [4.78, 5) is 0. The molecule has 0 saturated carbocycles. The molecule has 0 aromatic rings. The fraction of sp³-hybridized carbons (Fsp3) is 0.500. The third kappa shape index (κ3) is 1.25. The maximum atomic E-state index is 12.8. The fourth-order valence-corrected chi connectivity index (χ4v) is 1.12. The van der Waals surface area contributed by atoms with Gasteiger partial charge in [-0.05, 0) is 31.1 Å². The van der Waals surface area contributed by atoms with Crippen LogP contribution >= 0.6 is 0 Å². The minimum absolute atomic E-state index is 0.211. The average molecular weight is 144 g/mol. The monoisotopic (exact) mass is 144 g/mol. The molecule has 0 radical (unpaired) electrons. The standard InChI is InChI=1S/C8H10F2/c1-5-3-7(9)4-6(2)8(5)10/h3,7H,4H2,1-2H3. The third-order valence-corrected chi connectivity index (χ3v) is 1.65. The molecular weight excluding hydrogens is 134 g/mol. The molecule has 1 unspecified atom stereocenters. The first-order valence-electron chi connectivity index (χ1n) is 3.29. The van der Waals surface area contributed by atoms with Gasteiger partial charge >= 0.3 is 0 Å². The highest BCUT2D eigenvalue weighted by Gasteiger charge is 2.15. The van der Waals surface area contributed by atoms with Crippen molar-refractivity contribution in [2.75, 3.05) is 0 Å². The molecule has 0 spiro atoms. The zero-order valence-corrected chi connectivity index (χ0v) is 6.12. The fourth-order valence-electron chi connectivity index (χ4n) is 1.12. The Morgan fingerprint density at radius 2 is 2.10 bits per heavy atom. The molecule has 1 rings (SSSR count). The van der Waals surface area contributed by atoms with Crippen molar-refractivity contribution in [3.63, 3.8) is 0 Å². The molecule has 0 N–H and O–H groups in total. The predicted octanol–water partition coefficient (Wildman–Crippen LogP) is 2.92. The summed E-state index contributed by atoms with van der Waals surface area (Å²) < 4.78 is 25.4. The van der Waals surface area contributed by atoms with Crippen LogP contribution in [0.1, 0.15) is 20.3 Å². The molecule has 0 aromatic heterocycles. The third-order valence-electron chi connectivity index (χ3n) is 1.65. The van der Waals surface area contributed by atoms with Crippen LogP contribution in [0.25, 0.3) is 0 Å². The summed E-state index contributed by atoms with van der Waals surface area (Å²) in [5, 5.41) is 0. The van der Waals surface area contributed by atoms with Gasteiger partial charge in [-0.1, -0.05) is 0 Å². The molecule has 0 aromatic carbocycles. The van der Waals surface area contributed by atoms with Gasteiger partial charge in [-0.25, -0.2) is 8.78 Å². The van der Waals surface area contributed by atoms with Crippen molar-refractivity contribution in [1.29, 1.82) is 0 Å². The first-order valence-corrected chi connectivity index (χ1v) is 3.29. The van der Waals surface area contributed by atoms with Crippen LogP contribution in [-0.2, 0) is 0 Å². The molecule has 1 aliphatic carbocycles. The molecule has 1 atom stereocenters. The second kappa shape index (κ2) is 2.52. The quantitative estimate of drug-likeness (QED) is 0.490. The molecule has 0 bridgehead atoms. The Balaban J connectivity index is 2.90. The van der Waals surface area contributed by atoms with Gasteiger partial charge in [-0.2, -0.15) is 0 Å². The van der Waals surface area contributed by atoms with E-state index in [2.05, 4.69) is 0 Å². The van der Waals surface area contributed by atoms with Crippen molar-refractivity contribution in [1.82, 2.24) is 0 Å². The molecule has 0 saturated heterocycles. The normalized spacial score (nSPS) is 26.8. The van der Waals surface area contributed by atoms with Gasteiger partial charge in [0.25, 0.3) is 0 Å². The summed E-state index contributed by atoms with van der Waals surface area (Å²) in [5.74, 6) is -0.242. The van der Waals surface area contributed by atoms with Crippen LogP contribution in [0.15, 0.2) is 23.0 Å². The molecular formula is C8H10F2. The van der Waals surface area contributed by atoms with E-state index in [1.54, 1.807) is 13.8 Å². The Bertz CT molecular complexity index is 201. The summed E-state index contributed by atoms with van der Waals surface area (Å²) in [7, 11) is 0. The van der Waals surface area contributed by atoms with E-state index in [-0.39, 0.29) is 12.2 Å². The van der Waals surface area contributed by atoms with Crippen molar-refractivity contribution in [3.05, 3.63) is 23.0 Å². The van der Waals surface area contributed by atoms with Crippen molar-refractivity contribution >= 4 is 0 Å². The van der Waals surface area contributed by atoms with E-state index in [0.29, 0.717) is 11.1 Å². The Hall–Kier alpha value is -0.660. The highest BCUT2D eigenvalue weighted by atomic mass is 19.1. The van der Waals surface area contributed by atoms with E-state index < -0.39 is 6.17 Å². The highest BCUT2D eigenvalue weighted by molar-refractivity contribution is 5.32.